The molecule has 39 heavy (non-hydrogen) atoms. The van der Waals surface area contributed by atoms with Crippen LogP contribution in [0.25, 0.3) is 0 Å². The minimum absolute atomic E-state index is 0.0798. The third-order valence-electron chi connectivity index (χ3n) is 6.65. The van der Waals surface area contributed by atoms with E-state index in [4.69, 9.17) is 34.8 Å². The maximum atomic E-state index is 13.9. The van der Waals surface area contributed by atoms with Gasteiger partial charge in [-0.05, 0) is 79.9 Å². The molecule has 0 bridgehead atoms. The fourth-order valence-electron chi connectivity index (χ4n) is 4.74. The number of hydrogen-bond donors (Lipinski definition) is 3. The van der Waals surface area contributed by atoms with E-state index in [0.29, 0.717) is 29.2 Å². The lowest BCUT2D eigenvalue weighted by Crippen LogP contribution is -2.48. The lowest BCUT2D eigenvalue weighted by molar-refractivity contribution is -0.123. The van der Waals surface area contributed by atoms with Crippen LogP contribution in [0.5, 0.6) is 0 Å². The fraction of sp³-hybridized carbons (Fsp3) is 0.286. The highest BCUT2D eigenvalue weighted by molar-refractivity contribution is 7.91. The molecule has 3 unspecified atom stereocenters. The van der Waals surface area contributed by atoms with Crippen LogP contribution in [0.1, 0.15) is 47.0 Å². The first kappa shape index (κ1) is 29.4. The van der Waals surface area contributed by atoms with Crippen molar-refractivity contribution in [1.29, 1.82) is 0 Å². The van der Waals surface area contributed by atoms with E-state index in [1.54, 1.807) is 55.5 Å². The van der Waals surface area contributed by atoms with Gasteiger partial charge in [0.1, 0.15) is 0 Å². The molecule has 4 rings (SSSR count). The quantitative estimate of drug-likeness (QED) is 0.298. The Kier molecular flexibility index (Phi) is 9.24. The third kappa shape index (κ3) is 6.58. The van der Waals surface area contributed by atoms with Crippen molar-refractivity contribution in [3.8, 4) is 0 Å². The molecule has 206 valence electrons. The summed E-state index contributed by atoms with van der Waals surface area (Å²) in [6, 6.07) is 15.2. The van der Waals surface area contributed by atoms with E-state index in [-0.39, 0.29) is 32.8 Å². The molecule has 0 aliphatic heterocycles. The van der Waals surface area contributed by atoms with Gasteiger partial charge in [-0.25, -0.2) is 8.42 Å². The minimum Gasteiger partial charge on any atom is -0.352 e. The van der Waals surface area contributed by atoms with E-state index in [1.165, 1.54) is 12.1 Å². The van der Waals surface area contributed by atoms with E-state index < -0.39 is 33.1 Å². The number of anilines is 1. The molecule has 3 aromatic rings. The van der Waals surface area contributed by atoms with Crippen LogP contribution >= 0.6 is 34.8 Å². The van der Waals surface area contributed by atoms with Gasteiger partial charge in [-0.3, -0.25) is 9.59 Å². The molecular weight excluding hydrogens is 581 g/mol. The highest BCUT2D eigenvalue weighted by Crippen LogP contribution is 2.41. The van der Waals surface area contributed by atoms with Crippen LogP contribution in [-0.4, -0.2) is 38.9 Å². The van der Waals surface area contributed by atoms with Crippen LogP contribution < -0.4 is 16.0 Å². The largest absolute Gasteiger partial charge is 0.352 e. The van der Waals surface area contributed by atoms with E-state index in [2.05, 4.69) is 16.0 Å². The highest BCUT2D eigenvalue weighted by atomic mass is 35.5. The van der Waals surface area contributed by atoms with Crippen molar-refractivity contribution < 1.29 is 18.0 Å². The number of halogens is 3. The average molecular weight is 609 g/mol. The Bertz CT molecular complexity index is 1490. The van der Waals surface area contributed by atoms with Crippen molar-refractivity contribution in [2.24, 2.45) is 0 Å². The summed E-state index contributed by atoms with van der Waals surface area (Å²) in [4.78, 5) is 25.8. The van der Waals surface area contributed by atoms with Crippen LogP contribution in [0.4, 0.5) is 5.69 Å². The first-order valence-electron chi connectivity index (χ1n) is 12.4. The molecule has 1 aliphatic carbocycles. The van der Waals surface area contributed by atoms with Crippen molar-refractivity contribution in [3.05, 3.63) is 92.4 Å². The van der Waals surface area contributed by atoms with Gasteiger partial charge in [0.05, 0.1) is 31.8 Å². The normalized spacial score (nSPS) is 17.7. The van der Waals surface area contributed by atoms with Crippen LogP contribution in [0, 0.1) is 0 Å². The number of nitrogens with one attached hydrogen (secondary N) is 3. The Balaban J connectivity index is 1.71. The summed E-state index contributed by atoms with van der Waals surface area (Å²) in [5, 5.41) is 8.56. The smallest absolute Gasteiger partial charge is 0.258 e. The van der Waals surface area contributed by atoms with Crippen molar-refractivity contribution in [3.63, 3.8) is 0 Å². The summed E-state index contributed by atoms with van der Waals surface area (Å²) in [6.07, 6.45) is 0.590. The second-order valence-electron chi connectivity index (χ2n) is 9.38. The zero-order chi connectivity index (χ0) is 28.3. The maximum Gasteiger partial charge on any atom is 0.258 e. The molecule has 3 aromatic carbocycles. The van der Waals surface area contributed by atoms with Gasteiger partial charge in [0.25, 0.3) is 5.91 Å². The van der Waals surface area contributed by atoms with Crippen LogP contribution in [-0.2, 0) is 21.1 Å². The summed E-state index contributed by atoms with van der Waals surface area (Å²) in [7, 11) is -3.91. The van der Waals surface area contributed by atoms with Crippen LogP contribution in [0.15, 0.2) is 65.6 Å². The molecule has 3 N–H and O–H groups in total. The number of carbonyl (C=O) groups excluding carboxylic acids is 2. The second-order valence-corrected chi connectivity index (χ2v) is 12.8. The molecule has 0 fully saturated rings. The topological polar surface area (TPSA) is 104 Å². The number of hydrogen-bond acceptors (Lipinski definition) is 5. The molecule has 0 aromatic heterocycles. The van der Waals surface area contributed by atoms with Gasteiger partial charge >= 0.3 is 0 Å². The molecule has 1 aliphatic rings. The van der Waals surface area contributed by atoms with Gasteiger partial charge in [-0.1, -0.05) is 59.9 Å². The monoisotopic (exact) mass is 607 g/mol. The minimum atomic E-state index is -3.91. The van der Waals surface area contributed by atoms with E-state index >= 15 is 0 Å². The molecule has 11 heteroatoms. The molecule has 2 amide bonds. The molecule has 0 radical (unpaired) electrons. The fourth-order valence-corrected chi connectivity index (χ4v) is 7.49. The predicted octanol–water partition coefficient (Wildman–Crippen LogP) is 5.84. The number of fused-ring (bicyclic) bond motifs is 1. The lowest BCUT2D eigenvalue weighted by atomic mass is 9.87. The molecular formula is C28H28Cl3N3O4S. The van der Waals surface area contributed by atoms with Gasteiger partial charge in [-0.2, -0.15) is 0 Å². The number of amides is 2. The summed E-state index contributed by atoms with van der Waals surface area (Å²) < 4.78 is 27.8. The Morgan fingerprint density at radius 3 is 2.36 bits per heavy atom. The maximum absolute atomic E-state index is 13.9. The second kappa shape index (κ2) is 12.3. The first-order valence-corrected chi connectivity index (χ1v) is 15.1. The van der Waals surface area contributed by atoms with Crippen LogP contribution in [0.2, 0.25) is 15.1 Å². The Morgan fingerprint density at radius 1 is 1.00 bits per heavy atom. The van der Waals surface area contributed by atoms with Gasteiger partial charge in [0, 0.05) is 16.8 Å². The van der Waals surface area contributed by atoms with Crippen molar-refractivity contribution in [2.75, 3.05) is 11.9 Å². The first-order chi connectivity index (χ1) is 18.5. The number of likely N-dealkylation sites (N-methyl/N-ethyl adjacent to an activating group) is 1. The predicted molar refractivity (Wildman–Crippen MR) is 156 cm³/mol. The molecule has 0 spiro atoms. The number of sulfone groups is 1. The summed E-state index contributed by atoms with van der Waals surface area (Å²) in [6.45, 7) is 4.29. The van der Waals surface area contributed by atoms with E-state index in [0.717, 1.165) is 5.56 Å². The van der Waals surface area contributed by atoms with Gasteiger partial charge in [-0.15, -0.1) is 0 Å². The van der Waals surface area contributed by atoms with Crippen LogP contribution in [0.3, 0.4) is 0 Å². The van der Waals surface area contributed by atoms with E-state index in [9.17, 15) is 18.0 Å². The molecule has 0 heterocycles. The Labute approximate surface area is 243 Å². The average Bonchev–Trinajstić information content (AvgIpc) is 2.88. The Hall–Kier alpha value is -2.62. The highest BCUT2D eigenvalue weighted by Gasteiger charge is 2.38. The number of carbonyl (C=O) groups is 2. The van der Waals surface area contributed by atoms with Crippen molar-refractivity contribution in [1.82, 2.24) is 10.6 Å². The molecule has 3 atom stereocenters. The van der Waals surface area contributed by atoms with E-state index in [1.807, 2.05) is 6.92 Å². The molecule has 0 saturated carbocycles. The van der Waals surface area contributed by atoms with Crippen molar-refractivity contribution >= 4 is 62.1 Å². The zero-order valence-corrected chi connectivity index (χ0v) is 24.4. The van der Waals surface area contributed by atoms with Crippen molar-refractivity contribution in [2.45, 2.75) is 48.9 Å². The molecule has 7 nitrogen and oxygen atoms in total. The standard InChI is InChI=1S/C28H28Cl3N3O4S/c1-3-32-16(2)27(35)34-20-12-17-10-11-19(33-28(36)26-23(30)8-5-9-24(26)31)14-22(17)25(15-20)39(37,38)21-7-4-6-18(29)13-21/h4-11,13-14,16,20,25,32H,3,12,15H2,1-2H3,(H,33,36)(H,34,35). The number of rotatable bonds is 8. The van der Waals surface area contributed by atoms with Gasteiger partial charge in [0.15, 0.2) is 9.84 Å². The zero-order valence-electron chi connectivity index (χ0n) is 21.3. The van der Waals surface area contributed by atoms with Gasteiger partial charge < -0.3 is 16.0 Å². The third-order valence-corrected chi connectivity index (χ3v) is 9.63. The SMILES string of the molecule is CCNC(C)C(=O)NC1Cc2ccc(NC(=O)c3c(Cl)cccc3Cl)cc2C(S(=O)(=O)c2cccc(Cl)c2)C1. The summed E-state index contributed by atoms with van der Waals surface area (Å²) in [5.41, 5.74) is 1.82. The Morgan fingerprint density at radius 2 is 1.69 bits per heavy atom. The molecule has 0 saturated heterocycles. The lowest BCUT2D eigenvalue weighted by Gasteiger charge is -2.33. The summed E-state index contributed by atoms with van der Waals surface area (Å²) in [5.74, 6) is -0.720. The van der Waals surface area contributed by atoms with Gasteiger partial charge in [0.2, 0.25) is 5.91 Å². The summed E-state index contributed by atoms with van der Waals surface area (Å²) >= 11 is 18.5. The number of benzene rings is 3.